The second-order valence-electron chi connectivity index (χ2n) is 7.81. The third-order valence-corrected chi connectivity index (χ3v) is 4.86. The molecule has 4 heteroatoms. The van der Waals surface area contributed by atoms with Crippen LogP contribution in [0.4, 0.5) is 0 Å². The molecule has 1 aromatic heterocycles. The van der Waals surface area contributed by atoms with Gasteiger partial charge in [0.1, 0.15) is 5.75 Å². The van der Waals surface area contributed by atoms with E-state index in [9.17, 15) is 4.79 Å². The molecule has 0 aliphatic carbocycles. The van der Waals surface area contributed by atoms with Gasteiger partial charge in [0.25, 0.3) is 0 Å². The smallest absolute Gasteiger partial charge is 0.185 e. The van der Waals surface area contributed by atoms with E-state index in [1.54, 1.807) is 24.5 Å². The van der Waals surface area contributed by atoms with Crippen molar-refractivity contribution in [2.75, 3.05) is 6.61 Å². The van der Waals surface area contributed by atoms with Gasteiger partial charge < -0.3 is 4.74 Å². The standard InChI is InChI=1S/C27H24N2O2/c1-19(2)18-31-24-11-9-22(10-12-24)21-5-7-23(8-6-21)27(30)14-4-20-3-13-25-26(17-20)29-16-15-28-25/h3-17,19H,18H2,1-2H3/b14-4+. The molecule has 1 heterocycles. The molecule has 0 spiro atoms. The molecule has 0 aliphatic rings. The topological polar surface area (TPSA) is 52.1 Å². The molecule has 0 N–H and O–H groups in total. The zero-order valence-electron chi connectivity index (χ0n) is 17.7. The normalized spacial score (nSPS) is 11.3. The molecule has 0 bridgehead atoms. The number of allylic oxidation sites excluding steroid dienone is 1. The van der Waals surface area contributed by atoms with Crippen LogP contribution in [0.3, 0.4) is 0 Å². The molecule has 31 heavy (non-hydrogen) atoms. The first kappa shape index (κ1) is 20.5. The highest BCUT2D eigenvalue weighted by atomic mass is 16.5. The number of aromatic nitrogens is 2. The number of hydrogen-bond acceptors (Lipinski definition) is 4. The molecule has 3 aromatic carbocycles. The molecule has 0 atom stereocenters. The van der Waals surface area contributed by atoms with Crippen LogP contribution in [-0.4, -0.2) is 22.4 Å². The molecule has 0 unspecified atom stereocenters. The maximum atomic E-state index is 12.6. The molecule has 154 valence electrons. The first-order valence-corrected chi connectivity index (χ1v) is 10.3. The third kappa shape index (κ3) is 5.23. The van der Waals surface area contributed by atoms with Gasteiger partial charge in [-0.15, -0.1) is 0 Å². The average Bonchev–Trinajstić information content (AvgIpc) is 2.81. The number of hydrogen-bond donors (Lipinski definition) is 0. The van der Waals surface area contributed by atoms with Gasteiger partial charge in [0.05, 0.1) is 17.6 Å². The predicted octanol–water partition coefficient (Wildman–Crippen LogP) is 6.23. The Morgan fingerprint density at radius 3 is 2.19 bits per heavy atom. The monoisotopic (exact) mass is 408 g/mol. The zero-order valence-corrected chi connectivity index (χ0v) is 17.7. The molecule has 0 amide bonds. The molecule has 0 aliphatic heterocycles. The number of benzene rings is 3. The van der Waals surface area contributed by atoms with E-state index in [1.807, 2.05) is 66.7 Å². The van der Waals surface area contributed by atoms with Crippen molar-refractivity contribution >= 4 is 22.9 Å². The van der Waals surface area contributed by atoms with Crippen LogP contribution in [0, 0.1) is 5.92 Å². The summed E-state index contributed by atoms with van der Waals surface area (Å²) in [7, 11) is 0. The van der Waals surface area contributed by atoms with Gasteiger partial charge in [0.2, 0.25) is 0 Å². The van der Waals surface area contributed by atoms with Crippen molar-refractivity contribution in [3.05, 3.63) is 96.3 Å². The van der Waals surface area contributed by atoms with Crippen molar-refractivity contribution in [3.8, 4) is 16.9 Å². The van der Waals surface area contributed by atoms with Crippen molar-refractivity contribution in [3.63, 3.8) is 0 Å². The molecule has 4 rings (SSSR count). The van der Waals surface area contributed by atoms with Crippen LogP contribution in [0.5, 0.6) is 5.75 Å². The molecule has 0 saturated carbocycles. The highest BCUT2D eigenvalue weighted by Gasteiger charge is 2.05. The Hall–Kier alpha value is -3.79. The van der Waals surface area contributed by atoms with E-state index in [0.29, 0.717) is 18.1 Å². The molecular formula is C27H24N2O2. The Labute approximate surface area is 182 Å². The van der Waals surface area contributed by atoms with Gasteiger partial charge in [-0.1, -0.05) is 62.4 Å². The Balaban J connectivity index is 1.43. The number of carbonyl (C=O) groups is 1. The lowest BCUT2D eigenvalue weighted by molar-refractivity contribution is 0.104. The number of ether oxygens (including phenoxy) is 1. The summed E-state index contributed by atoms with van der Waals surface area (Å²) in [6.45, 7) is 4.96. The van der Waals surface area contributed by atoms with Crippen LogP contribution in [0.25, 0.3) is 28.2 Å². The van der Waals surface area contributed by atoms with Crippen molar-refractivity contribution < 1.29 is 9.53 Å². The Bertz CT molecular complexity index is 1210. The van der Waals surface area contributed by atoms with Crippen molar-refractivity contribution in [1.82, 2.24) is 9.97 Å². The number of rotatable bonds is 7. The highest BCUT2D eigenvalue weighted by Crippen LogP contribution is 2.23. The maximum absolute atomic E-state index is 12.6. The van der Waals surface area contributed by atoms with Gasteiger partial charge >= 0.3 is 0 Å². The summed E-state index contributed by atoms with van der Waals surface area (Å²) < 4.78 is 5.74. The molecule has 0 saturated heterocycles. The second-order valence-corrected chi connectivity index (χ2v) is 7.81. The second kappa shape index (κ2) is 9.35. The molecule has 0 radical (unpaired) electrons. The first-order valence-electron chi connectivity index (χ1n) is 10.3. The fourth-order valence-corrected chi connectivity index (χ4v) is 3.19. The van der Waals surface area contributed by atoms with Crippen molar-refractivity contribution in [2.24, 2.45) is 5.92 Å². The highest BCUT2D eigenvalue weighted by molar-refractivity contribution is 6.07. The van der Waals surface area contributed by atoms with Gasteiger partial charge in [-0.2, -0.15) is 0 Å². The summed E-state index contributed by atoms with van der Waals surface area (Å²) >= 11 is 0. The summed E-state index contributed by atoms with van der Waals surface area (Å²) in [6, 6.07) is 21.4. The SMILES string of the molecule is CC(C)COc1ccc(-c2ccc(C(=O)/C=C/c3ccc4nccnc4c3)cc2)cc1. The van der Waals surface area contributed by atoms with E-state index in [4.69, 9.17) is 4.74 Å². The maximum Gasteiger partial charge on any atom is 0.185 e. The van der Waals surface area contributed by atoms with Gasteiger partial charge in [-0.05, 0) is 52.9 Å². The van der Waals surface area contributed by atoms with Gasteiger partial charge in [-0.3, -0.25) is 14.8 Å². The minimum absolute atomic E-state index is 0.0387. The lowest BCUT2D eigenvalue weighted by Crippen LogP contribution is -2.04. The largest absolute Gasteiger partial charge is 0.493 e. The Kier molecular flexibility index (Phi) is 6.18. The summed E-state index contributed by atoms with van der Waals surface area (Å²) in [5, 5.41) is 0. The van der Waals surface area contributed by atoms with Gasteiger partial charge in [-0.25, -0.2) is 0 Å². The van der Waals surface area contributed by atoms with Crippen LogP contribution >= 0.6 is 0 Å². The summed E-state index contributed by atoms with van der Waals surface area (Å²) in [5.41, 5.74) is 5.35. The summed E-state index contributed by atoms with van der Waals surface area (Å²) in [5.74, 6) is 1.33. The van der Waals surface area contributed by atoms with E-state index in [2.05, 4.69) is 23.8 Å². The number of fused-ring (bicyclic) bond motifs is 1. The molecule has 4 aromatic rings. The van der Waals surface area contributed by atoms with E-state index >= 15 is 0 Å². The lowest BCUT2D eigenvalue weighted by Gasteiger charge is -2.09. The van der Waals surface area contributed by atoms with E-state index in [1.165, 1.54) is 0 Å². The van der Waals surface area contributed by atoms with Gasteiger partial charge in [0, 0.05) is 18.0 Å². The van der Waals surface area contributed by atoms with Crippen LogP contribution in [0.15, 0.2) is 85.2 Å². The Morgan fingerprint density at radius 2 is 1.52 bits per heavy atom. The van der Waals surface area contributed by atoms with Crippen LogP contribution in [0.2, 0.25) is 0 Å². The minimum atomic E-state index is -0.0387. The van der Waals surface area contributed by atoms with E-state index in [-0.39, 0.29) is 5.78 Å². The third-order valence-electron chi connectivity index (χ3n) is 4.86. The van der Waals surface area contributed by atoms with Crippen LogP contribution in [0.1, 0.15) is 29.8 Å². The van der Waals surface area contributed by atoms with E-state index < -0.39 is 0 Å². The quantitative estimate of drug-likeness (QED) is 0.269. The number of ketones is 1. The van der Waals surface area contributed by atoms with E-state index in [0.717, 1.165) is 33.5 Å². The summed E-state index contributed by atoms with van der Waals surface area (Å²) in [6.07, 6.45) is 6.72. The fraction of sp³-hybridized carbons (Fsp3) is 0.148. The van der Waals surface area contributed by atoms with Crippen LogP contribution < -0.4 is 4.74 Å². The lowest BCUT2D eigenvalue weighted by atomic mass is 10.0. The predicted molar refractivity (Wildman–Crippen MR) is 125 cm³/mol. The Morgan fingerprint density at radius 1 is 0.871 bits per heavy atom. The number of nitrogens with zero attached hydrogens (tertiary/aromatic N) is 2. The van der Waals surface area contributed by atoms with Crippen molar-refractivity contribution in [2.45, 2.75) is 13.8 Å². The average molecular weight is 409 g/mol. The number of carbonyl (C=O) groups excluding carboxylic acids is 1. The molecule has 0 fully saturated rings. The molecular weight excluding hydrogens is 384 g/mol. The van der Waals surface area contributed by atoms with Crippen molar-refractivity contribution in [1.29, 1.82) is 0 Å². The summed E-state index contributed by atoms with van der Waals surface area (Å²) in [4.78, 5) is 21.1. The van der Waals surface area contributed by atoms with Gasteiger partial charge in [0.15, 0.2) is 5.78 Å². The minimum Gasteiger partial charge on any atom is -0.493 e. The van der Waals surface area contributed by atoms with Crippen LogP contribution in [-0.2, 0) is 0 Å². The first-order chi connectivity index (χ1) is 15.1. The molecule has 4 nitrogen and oxygen atoms in total. The fourth-order valence-electron chi connectivity index (χ4n) is 3.19. The zero-order chi connectivity index (χ0) is 21.6.